The van der Waals surface area contributed by atoms with Gasteiger partial charge in [0.15, 0.2) is 5.82 Å². The van der Waals surface area contributed by atoms with Crippen molar-refractivity contribution in [2.75, 3.05) is 25.5 Å². The summed E-state index contributed by atoms with van der Waals surface area (Å²) in [6, 6.07) is 0. The van der Waals surface area contributed by atoms with Crippen molar-refractivity contribution in [2.24, 2.45) is 5.92 Å². The highest BCUT2D eigenvalue weighted by atomic mass is 16.5. The number of hydrogen-bond donors (Lipinski definition) is 3. The molecular formula is C11H20N4O2. The van der Waals surface area contributed by atoms with Crippen LogP contribution in [0, 0.1) is 12.8 Å². The monoisotopic (exact) mass is 240 g/mol. The highest BCUT2D eigenvalue weighted by Gasteiger charge is 2.15. The second-order valence-electron chi connectivity index (χ2n) is 4.33. The van der Waals surface area contributed by atoms with Crippen LogP contribution < -0.4 is 11.1 Å². The van der Waals surface area contributed by atoms with Crippen molar-refractivity contribution in [2.45, 2.75) is 20.8 Å². The van der Waals surface area contributed by atoms with Crippen LogP contribution in [0.3, 0.4) is 0 Å². The molecule has 0 aliphatic heterocycles. The van der Waals surface area contributed by atoms with Crippen molar-refractivity contribution in [1.29, 1.82) is 0 Å². The van der Waals surface area contributed by atoms with E-state index in [1.807, 2.05) is 0 Å². The van der Waals surface area contributed by atoms with E-state index >= 15 is 0 Å². The molecule has 4 N–H and O–H groups in total. The first kappa shape index (κ1) is 13.5. The molecule has 0 unspecified atom stereocenters. The van der Waals surface area contributed by atoms with Crippen molar-refractivity contribution in [3.8, 4) is 0 Å². The first-order chi connectivity index (χ1) is 8.02. The molecule has 0 atom stereocenters. The number of rotatable bonds is 6. The number of aryl methyl sites for hydroxylation is 1. The molecule has 17 heavy (non-hydrogen) atoms. The lowest BCUT2D eigenvalue weighted by Gasteiger charge is -2.08. The number of aromatic amines is 1. The summed E-state index contributed by atoms with van der Waals surface area (Å²) < 4.78 is 5.35. The molecule has 0 radical (unpaired) electrons. The SMILES string of the molecule is Cc1[nH]nc(N)c1C(=O)NCCOCC(C)C. The number of anilines is 1. The zero-order valence-electron chi connectivity index (χ0n) is 10.5. The van der Waals surface area contributed by atoms with Crippen LogP contribution in [0.2, 0.25) is 0 Å². The molecule has 1 heterocycles. The Hall–Kier alpha value is -1.56. The lowest BCUT2D eigenvalue weighted by Crippen LogP contribution is -2.28. The highest BCUT2D eigenvalue weighted by Crippen LogP contribution is 2.11. The van der Waals surface area contributed by atoms with Crippen LogP contribution in [-0.2, 0) is 4.74 Å². The summed E-state index contributed by atoms with van der Waals surface area (Å²) in [6.45, 7) is 7.58. The third kappa shape index (κ3) is 4.07. The van der Waals surface area contributed by atoms with Gasteiger partial charge in [0, 0.05) is 18.8 Å². The second-order valence-corrected chi connectivity index (χ2v) is 4.33. The molecule has 1 rings (SSSR count). The van der Waals surface area contributed by atoms with E-state index < -0.39 is 0 Å². The van der Waals surface area contributed by atoms with Gasteiger partial charge in [-0.05, 0) is 12.8 Å². The maximum absolute atomic E-state index is 11.7. The molecule has 0 aliphatic carbocycles. The minimum atomic E-state index is -0.220. The fourth-order valence-corrected chi connectivity index (χ4v) is 1.38. The third-order valence-corrected chi connectivity index (χ3v) is 2.19. The molecule has 1 aromatic rings. The zero-order chi connectivity index (χ0) is 12.8. The Morgan fingerprint density at radius 1 is 1.59 bits per heavy atom. The van der Waals surface area contributed by atoms with Crippen LogP contribution in [0.25, 0.3) is 0 Å². The second kappa shape index (κ2) is 6.24. The third-order valence-electron chi connectivity index (χ3n) is 2.19. The molecule has 6 heteroatoms. The molecule has 0 aliphatic rings. The van der Waals surface area contributed by atoms with Gasteiger partial charge in [0.05, 0.1) is 6.61 Å². The smallest absolute Gasteiger partial charge is 0.257 e. The molecule has 0 saturated heterocycles. The fraction of sp³-hybridized carbons (Fsp3) is 0.636. The van der Waals surface area contributed by atoms with Gasteiger partial charge in [-0.25, -0.2) is 0 Å². The van der Waals surface area contributed by atoms with Crippen LogP contribution in [0.15, 0.2) is 0 Å². The van der Waals surface area contributed by atoms with E-state index in [0.29, 0.717) is 36.9 Å². The van der Waals surface area contributed by atoms with E-state index in [0.717, 1.165) is 0 Å². The van der Waals surface area contributed by atoms with Crippen LogP contribution >= 0.6 is 0 Å². The quantitative estimate of drug-likeness (QED) is 0.638. The fourth-order valence-electron chi connectivity index (χ4n) is 1.38. The Morgan fingerprint density at radius 2 is 2.29 bits per heavy atom. The highest BCUT2D eigenvalue weighted by molar-refractivity contribution is 5.99. The first-order valence-corrected chi connectivity index (χ1v) is 5.68. The number of carbonyl (C=O) groups is 1. The summed E-state index contributed by atoms with van der Waals surface area (Å²) >= 11 is 0. The van der Waals surface area contributed by atoms with Gasteiger partial charge in [0.2, 0.25) is 0 Å². The van der Waals surface area contributed by atoms with E-state index in [4.69, 9.17) is 10.5 Å². The molecular weight excluding hydrogens is 220 g/mol. The average molecular weight is 240 g/mol. The predicted octanol–water partition coefficient (Wildman–Crippen LogP) is 0.703. The van der Waals surface area contributed by atoms with Gasteiger partial charge in [-0.3, -0.25) is 9.89 Å². The normalized spacial score (nSPS) is 10.8. The van der Waals surface area contributed by atoms with Gasteiger partial charge >= 0.3 is 0 Å². The number of nitrogens with zero attached hydrogens (tertiary/aromatic N) is 1. The van der Waals surface area contributed by atoms with Crippen molar-refractivity contribution in [3.05, 3.63) is 11.3 Å². The van der Waals surface area contributed by atoms with Gasteiger partial charge in [-0.15, -0.1) is 0 Å². The number of H-pyrrole nitrogens is 1. The standard InChI is InChI=1S/C11H20N4O2/c1-7(2)6-17-5-4-13-11(16)9-8(3)14-15-10(9)12/h7H,4-6H2,1-3H3,(H,13,16)(H3,12,14,15). The van der Waals surface area contributed by atoms with Crippen molar-refractivity contribution >= 4 is 11.7 Å². The van der Waals surface area contributed by atoms with Gasteiger partial charge in [-0.2, -0.15) is 5.10 Å². The summed E-state index contributed by atoms with van der Waals surface area (Å²) in [6.07, 6.45) is 0. The Labute approximate surface area is 101 Å². The van der Waals surface area contributed by atoms with Crippen LogP contribution in [-0.4, -0.2) is 35.9 Å². The van der Waals surface area contributed by atoms with Crippen molar-refractivity contribution in [1.82, 2.24) is 15.5 Å². The number of ether oxygens (including phenoxy) is 1. The van der Waals surface area contributed by atoms with E-state index in [9.17, 15) is 4.79 Å². The lowest BCUT2D eigenvalue weighted by atomic mass is 10.2. The van der Waals surface area contributed by atoms with E-state index in [-0.39, 0.29) is 11.7 Å². The minimum absolute atomic E-state index is 0.220. The van der Waals surface area contributed by atoms with Crippen LogP contribution in [0.4, 0.5) is 5.82 Å². The molecule has 6 nitrogen and oxygen atoms in total. The Bertz CT molecular complexity index is 354. The zero-order valence-corrected chi connectivity index (χ0v) is 10.5. The number of nitrogens with one attached hydrogen (secondary N) is 2. The summed E-state index contributed by atoms with van der Waals surface area (Å²) in [5.74, 6) is 0.502. The number of nitrogens with two attached hydrogens (primary N) is 1. The molecule has 0 fully saturated rings. The summed E-state index contributed by atoms with van der Waals surface area (Å²) in [4.78, 5) is 11.7. The molecule has 0 saturated carbocycles. The number of carbonyl (C=O) groups excluding carboxylic acids is 1. The molecule has 1 aromatic heterocycles. The maximum atomic E-state index is 11.7. The molecule has 0 spiro atoms. The van der Waals surface area contributed by atoms with Gasteiger partial charge in [0.25, 0.3) is 5.91 Å². The number of amides is 1. The Kier molecular flexibility index (Phi) is 4.96. The summed E-state index contributed by atoms with van der Waals surface area (Å²) in [5, 5.41) is 9.17. The van der Waals surface area contributed by atoms with Crippen LogP contribution in [0.1, 0.15) is 29.9 Å². The predicted molar refractivity (Wildman–Crippen MR) is 65.7 cm³/mol. The molecule has 0 aromatic carbocycles. The first-order valence-electron chi connectivity index (χ1n) is 5.68. The molecule has 1 amide bonds. The van der Waals surface area contributed by atoms with Crippen molar-refractivity contribution in [3.63, 3.8) is 0 Å². The molecule has 0 bridgehead atoms. The number of aromatic nitrogens is 2. The Morgan fingerprint density at radius 3 is 2.82 bits per heavy atom. The average Bonchev–Trinajstić information content (AvgIpc) is 2.57. The van der Waals surface area contributed by atoms with Crippen molar-refractivity contribution < 1.29 is 9.53 Å². The number of nitrogen functional groups attached to an aromatic ring is 1. The van der Waals surface area contributed by atoms with Gasteiger partial charge < -0.3 is 15.8 Å². The topological polar surface area (TPSA) is 93.0 Å². The van der Waals surface area contributed by atoms with E-state index in [1.165, 1.54) is 0 Å². The van der Waals surface area contributed by atoms with Gasteiger partial charge in [0.1, 0.15) is 5.56 Å². The van der Waals surface area contributed by atoms with Crippen LogP contribution in [0.5, 0.6) is 0 Å². The minimum Gasteiger partial charge on any atom is -0.382 e. The van der Waals surface area contributed by atoms with Gasteiger partial charge in [-0.1, -0.05) is 13.8 Å². The largest absolute Gasteiger partial charge is 0.382 e. The van der Waals surface area contributed by atoms with E-state index in [2.05, 4.69) is 29.4 Å². The Balaban J connectivity index is 2.31. The number of hydrogen-bond acceptors (Lipinski definition) is 4. The summed E-state index contributed by atoms with van der Waals surface area (Å²) in [5.41, 5.74) is 6.66. The molecule has 96 valence electrons. The van der Waals surface area contributed by atoms with E-state index in [1.54, 1.807) is 6.92 Å². The lowest BCUT2D eigenvalue weighted by molar-refractivity contribution is 0.0886. The maximum Gasteiger partial charge on any atom is 0.257 e. The summed E-state index contributed by atoms with van der Waals surface area (Å²) in [7, 11) is 0.